The van der Waals surface area contributed by atoms with E-state index in [1.54, 1.807) is 24.3 Å². The third-order valence-corrected chi connectivity index (χ3v) is 3.35. The molecular weight excluding hydrogens is 242 g/mol. The molecule has 98 valence electrons. The van der Waals surface area contributed by atoms with Crippen molar-refractivity contribution in [3.63, 3.8) is 0 Å². The van der Waals surface area contributed by atoms with Crippen molar-refractivity contribution in [2.45, 2.75) is 25.7 Å². The Balaban J connectivity index is 1.93. The Kier molecular flexibility index (Phi) is 4.68. The molecule has 1 fully saturated rings. The lowest BCUT2D eigenvalue weighted by Gasteiger charge is -2.18. The zero-order chi connectivity index (χ0) is 13.5. The fraction of sp³-hybridized carbons (Fsp3) is 0.400. The van der Waals surface area contributed by atoms with E-state index >= 15 is 0 Å². The SMILES string of the molecule is O=C[C@@H]1CCCCC1C#[N+]OC(=O)c1ccccc1. The van der Waals surface area contributed by atoms with Crippen LogP contribution >= 0.6 is 0 Å². The maximum atomic E-state index is 11.6. The largest absolute Gasteiger partial charge is 0.430 e. The zero-order valence-electron chi connectivity index (χ0n) is 10.6. The monoisotopic (exact) mass is 258 g/mol. The van der Waals surface area contributed by atoms with Gasteiger partial charge in [0.1, 0.15) is 12.2 Å². The van der Waals surface area contributed by atoms with Crippen LogP contribution in [0.15, 0.2) is 30.3 Å². The second-order valence-corrected chi connectivity index (χ2v) is 4.66. The van der Waals surface area contributed by atoms with Gasteiger partial charge < -0.3 is 4.79 Å². The van der Waals surface area contributed by atoms with Crippen molar-refractivity contribution < 1.29 is 14.4 Å². The van der Waals surface area contributed by atoms with Gasteiger partial charge in [0.15, 0.2) is 0 Å². The minimum Gasteiger partial charge on any atom is -0.303 e. The first-order valence-corrected chi connectivity index (χ1v) is 6.48. The molecule has 0 saturated heterocycles. The van der Waals surface area contributed by atoms with Crippen LogP contribution in [0, 0.1) is 17.9 Å². The lowest BCUT2D eigenvalue weighted by atomic mass is 9.81. The van der Waals surface area contributed by atoms with Gasteiger partial charge in [-0.15, -0.1) is 0 Å². The first-order chi connectivity index (χ1) is 9.31. The van der Waals surface area contributed by atoms with Gasteiger partial charge in [-0.25, -0.2) is 4.79 Å². The Morgan fingerprint density at radius 3 is 2.74 bits per heavy atom. The van der Waals surface area contributed by atoms with Crippen LogP contribution in [0.2, 0.25) is 0 Å². The maximum absolute atomic E-state index is 11.6. The standard InChI is InChI=1S/C15H16NO3/c17-11-14-9-5-4-8-13(14)10-16-19-15(18)12-6-2-1-3-7-12/h1-3,6-7,11,13-14H,4-5,8-9H2/q+1/t13?,14-/m0/s1. The summed E-state index contributed by atoms with van der Waals surface area (Å²) in [6.45, 7) is 0. The number of benzene rings is 1. The number of nitrogens with zero attached hydrogens (tertiary/aromatic N) is 1. The van der Waals surface area contributed by atoms with Crippen LogP contribution in [-0.4, -0.2) is 12.3 Å². The van der Waals surface area contributed by atoms with Crippen LogP contribution in [0.5, 0.6) is 0 Å². The quantitative estimate of drug-likeness (QED) is 0.605. The first kappa shape index (κ1) is 13.3. The second kappa shape index (κ2) is 6.69. The van der Waals surface area contributed by atoms with Crippen LogP contribution in [0.1, 0.15) is 36.0 Å². The van der Waals surface area contributed by atoms with Crippen molar-refractivity contribution in [3.05, 3.63) is 40.9 Å². The molecule has 0 bridgehead atoms. The molecule has 0 radical (unpaired) electrons. The highest BCUT2D eigenvalue weighted by molar-refractivity contribution is 5.89. The van der Waals surface area contributed by atoms with Crippen LogP contribution in [0.3, 0.4) is 0 Å². The summed E-state index contributed by atoms with van der Waals surface area (Å²) in [5.41, 5.74) is 0.448. The van der Waals surface area contributed by atoms with Crippen LogP contribution in [0.25, 0.3) is 5.01 Å². The minimum atomic E-state index is -0.508. The molecule has 0 heterocycles. The van der Waals surface area contributed by atoms with Gasteiger partial charge in [0, 0.05) is 5.92 Å². The third kappa shape index (κ3) is 3.65. The van der Waals surface area contributed by atoms with E-state index in [2.05, 4.69) is 11.1 Å². The van der Waals surface area contributed by atoms with E-state index in [9.17, 15) is 9.59 Å². The van der Waals surface area contributed by atoms with Crippen molar-refractivity contribution >= 4 is 12.3 Å². The van der Waals surface area contributed by atoms with Gasteiger partial charge >= 0.3 is 12.0 Å². The van der Waals surface area contributed by atoms with E-state index in [0.29, 0.717) is 5.56 Å². The number of carbonyl (C=O) groups is 2. The first-order valence-electron chi connectivity index (χ1n) is 6.48. The van der Waals surface area contributed by atoms with E-state index < -0.39 is 5.97 Å². The number of carbonyl (C=O) groups excluding carboxylic acids is 2. The van der Waals surface area contributed by atoms with Crippen LogP contribution in [0.4, 0.5) is 0 Å². The molecule has 4 heteroatoms. The summed E-state index contributed by atoms with van der Waals surface area (Å²) < 4.78 is 0. The topological polar surface area (TPSA) is 47.7 Å². The third-order valence-electron chi connectivity index (χ3n) is 3.35. The molecule has 4 nitrogen and oxygen atoms in total. The molecule has 0 amide bonds. The molecule has 2 atom stereocenters. The summed E-state index contributed by atoms with van der Waals surface area (Å²) in [5.74, 6) is -0.589. The molecule has 0 aromatic heterocycles. The summed E-state index contributed by atoms with van der Waals surface area (Å²) in [5, 5.41) is 3.61. The fourth-order valence-corrected chi connectivity index (χ4v) is 2.25. The van der Waals surface area contributed by atoms with Gasteiger partial charge in [-0.2, -0.15) is 0 Å². The Hall–Kier alpha value is -2.15. The summed E-state index contributed by atoms with van der Waals surface area (Å²) in [7, 11) is 0. The average Bonchev–Trinajstić information content (AvgIpc) is 2.48. The van der Waals surface area contributed by atoms with E-state index in [0.717, 1.165) is 32.0 Å². The van der Waals surface area contributed by atoms with E-state index in [1.165, 1.54) is 0 Å². The number of hydrogen-bond donors (Lipinski definition) is 0. The zero-order valence-corrected chi connectivity index (χ0v) is 10.6. The minimum absolute atomic E-state index is 0.0326. The van der Waals surface area contributed by atoms with Gasteiger partial charge in [0.25, 0.3) is 0 Å². The van der Waals surface area contributed by atoms with Crippen molar-refractivity contribution in [1.29, 1.82) is 0 Å². The molecule has 1 aliphatic rings. The van der Waals surface area contributed by atoms with Crippen LogP contribution in [-0.2, 0) is 9.63 Å². The number of rotatable bonds is 2. The smallest absolute Gasteiger partial charge is 0.303 e. The summed E-state index contributed by atoms with van der Waals surface area (Å²) in [4.78, 5) is 27.3. The van der Waals surface area contributed by atoms with Crippen molar-refractivity contribution in [1.82, 2.24) is 0 Å². The van der Waals surface area contributed by atoms with Gasteiger partial charge in [-0.05, 0) is 25.0 Å². The van der Waals surface area contributed by atoms with Crippen molar-refractivity contribution in [3.8, 4) is 6.07 Å². The molecule has 1 aliphatic carbocycles. The normalized spacial score (nSPS) is 21.9. The molecule has 0 aliphatic heterocycles. The highest BCUT2D eigenvalue weighted by Gasteiger charge is 2.28. The lowest BCUT2D eigenvalue weighted by molar-refractivity contribution is -0.112. The predicted molar refractivity (Wildman–Crippen MR) is 70.6 cm³/mol. The van der Waals surface area contributed by atoms with E-state index in [-0.39, 0.29) is 11.8 Å². The van der Waals surface area contributed by atoms with Gasteiger partial charge in [-0.1, -0.05) is 35.9 Å². The molecule has 0 N–H and O–H groups in total. The van der Waals surface area contributed by atoms with E-state index in [4.69, 9.17) is 4.84 Å². The van der Waals surface area contributed by atoms with Gasteiger partial charge in [-0.3, -0.25) is 0 Å². The molecular formula is C15H16NO3+. The molecule has 1 aromatic carbocycles. The molecule has 19 heavy (non-hydrogen) atoms. The van der Waals surface area contributed by atoms with Gasteiger partial charge in [0.05, 0.1) is 5.56 Å². The summed E-state index contributed by atoms with van der Waals surface area (Å²) >= 11 is 0. The maximum Gasteiger partial charge on any atom is 0.430 e. The molecule has 2 rings (SSSR count). The summed E-state index contributed by atoms with van der Waals surface area (Å²) in [6, 6.07) is 11.4. The lowest BCUT2D eigenvalue weighted by Crippen LogP contribution is -2.19. The van der Waals surface area contributed by atoms with E-state index in [1.807, 2.05) is 6.07 Å². The van der Waals surface area contributed by atoms with Crippen LogP contribution < -0.4 is 0 Å². The highest BCUT2D eigenvalue weighted by Crippen LogP contribution is 2.28. The van der Waals surface area contributed by atoms with Gasteiger partial charge in [0.2, 0.25) is 5.01 Å². The average molecular weight is 258 g/mol. The molecule has 1 unspecified atom stereocenters. The summed E-state index contributed by atoms with van der Waals surface area (Å²) in [6.07, 6.45) is 4.81. The fourth-order valence-electron chi connectivity index (χ4n) is 2.25. The Labute approximate surface area is 112 Å². The predicted octanol–water partition coefficient (Wildman–Crippen LogP) is 3.10. The van der Waals surface area contributed by atoms with Crippen molar-refractivity contribution in [2.24, 2.45) is 11.8 Å². The molecule has 0 spiro atoms. The highest BCUT2D eigenvalue weighted by atomic mass is 16.7. The Bertz CT molecular complexity index is 501. The molecule has 1 aromatic rings. The Morgan fingerprint density at radius 2 is 2.00 bits per heavy atom. The number of hydrogen-bond acceptors (Lipinski definition) is 3. The van der Waals surface area contributed by atoms with Crippen molar-refractivity contribution in [2.75, 3.05) is 0 Å². The molecule has 1 saturated carbocycles. The Morgan fingerprint density at radius 1 is 1.26 bits per heavy atom. The second-order valence-electron chi connectivity index (χ2n) is 4.66. The number of aldehydes is 1.